The molecule has 2 N–H and O–H groups in total. The van der Waals surface area contributed by atoms with Gasteiger partial charge in [-0.25, -0.2) is 9.78 Å². The van der Waals surface area contributed by atoms with Crippen LogP contribution in [0.25, 0.3) is 5.65 Å². The second-order valence-electron chi connectivity index (χ2n) is 9.34. The molecule has 2 aromatic heterocycles. The molecule has 1 aromatic carbocycles. The maximum Gasteiger partial charge on any atom is 0.415 e. The molecule has 11 nitrogen and oxygen atoms in total. The number of fused-ring (bicyclic) bond motifs is 3. The quantitative estimate of drug-likeness (QED) is 0.545. The minimum Gasteiger partial charge on any atom is -0.443 e. The predicted molar refractivity (Wildman–Crippen MR) is 129 cm³/mol. The zero-order valence-corrected chi connectivity index (χ0v) is 20.2. The summed E-state index contributed by atoms with van der Waals surface area (Å²) in [7, 11) is 1.55. The fourth-order valence-corrected chi connectivity index (χ4v) is 3.55. The minimum atomic E-state index is -0.707. The van der Waals surface area contributed by atoms with Crippen molar-refractivity contribution in [3.8, 4) is 6.07 Å². The molecule has 1 aliphatic heterocycles. The highest BCUT2D eigenvalue weighted by Crippen LogP contribution is 2.27. The van der Waals surface area contributed by atoms with Gasteiger partial charge in [0.15, 0.2) is 5.65 Å². The van der Waals surface area contributed by atoms with Gasteiger partial charge in [-0.1, -0.05) is 6.07 Å². The number of carbonyl (C=O) groups is 2. The number of ether oxygens (including phenoxy) is 2. The molecule has 1 aliphatic rings. The van der Waals surface area contributed by atoms with Gasteiger partial charge in [0, 0.05) is 19.2 Å². The zero-order chi connectivity index (χ0) is 25.3. The second kappa shape index (κ2) is 9.23. The minimum absolute atomic E-state index is 0.227. The third-order valence-electron chi connectivity index (χ3n) is 5.19. The van der Waals surface area contributed by atoms with Crippen LogP contribution in [0, 0.1) is 11.3 Å². The van der Waals surface area contributed by atoms with Crippen molar-refractivity contribution in [3.63, 3.8) is 0 Å². The van der Waals surface area contributed by atoms with E-state index < -0.39 is 11.7 Å². The molecule has 4 rings (SSSR count). The van der Waals surface area contributed by atoms with E-state index in [1.807, 2.05) is 19.1 Å². The molecule has 1 atom stereocenters. The van der Waals surface area contributed by atoms with Gasteiger partial charge in [0.25, 0.3) is 5.91 Å². The van der Waals surface area contributed by atoms with Crippen LogP contribution in [-0.2, 0) is 16.1 Å². The van der Waals surface area contributed by atoms with Gasteiger partial charge in [-0.2, -0.15) is 14.9 Å². The lowest BCUT2D eigenvalue weighted by Crippen LogP contribution is -2.36. The van der Waals surface area contributed by atoms with Crippen molar-refractivity contribution >= 4 is 35.0 Å². The number of hydrogen-bond donors (Lipinski definition) is 2. The highest BCUT2D eigenvalue weighted by Gasteiger charge is 2.26. The molecule has 0 fully saturated rings. The van der Waals surface area contributed by atoms with Gasteiger partial charge in [-0.15, -0.1) is 0 Å². The van der Waals surface area contributed by atoms with Crippen molar-refractivity contribution in [3.05, 3.63) is 47.2 Å². The van der Waals surface area contributed by atoms with Gasteiger partial charge in [-0.05, 0) is 45.4 Å². The summed E-state index contributed by atoms with van der Waals surface area (Å²) in [6, 6.07) is 8.82. The van der Waals surface area contributed by atoms with Crippen molar-refractivity contribution in [1.29, 1.82) is 5.26 Å². The Labute approximate surface area is 202 Å². The van der Waals surface area contributed by atoms with Gasteiger partial charge in [0.2, 0.25) is 0 Å². The van der Waals surface area contributed by atoms with Crippen LogP contribution in [0.15, 0.2) is 30.5 Å². The first-order chi connectivity index (χ1) is 16.6. The fourth-order valence-electron chi connectivity index (χ4n) is 3.55. The molecule has 3 heterocycles. The third kappa shape index (κ3) is 5.17. The summed E-state index contributed by atoms with van der Waals surface area (Å²) in [5, 5.41) is 20.0. The van der Waals surface area contributed by atoms with Crippen LogP contribution in [0.3, 0.4) is 0 Å². The lowest BCUT2D eigenvalue weighted by atomic mass is 10.1. The molecule has 0 radical (unpaired) electrons. The van der Waals surface area contributed by atoms with Crippen molar-refractivity contribution in [2.75, 3.05) is 23.9 Å². The van der Waals surface area contributed by atoms with E-state index in [2.05, 4.69) is 26.8 Å². The van der Waals surface area contributed by atoms with E-state index in [1.165, 1.54) is 15.6 Å². The van der Waals surface area contributed by atoms with E-state index >= 15 is 0 Å². The lowest BCUT2D eigenvalue weighted by Gasteiger charge is -2.25. The Morgan fingerprint density at radius 1 is 1.34 bits per heavy atom. The highest BCUT2D eigenvalue weighted by molar-refractivity contribution is 6.00. The van der Waals surface area contributed by atoms with Gasteiger partial charge < -0.3 is 20.1 Å². The molecule has 3 aromatic rings. The number of nitrogens with zero attached hydrogens (tertiary/aromatic N) is 5. The standard InChI is InChI=1S/C24H27N7O4/c1-14-12-34-13-15-6-7-16(10-25)18(8-15)28-19-9-20(30(5)23(33)35-24(2,3)4)31-21(29-19)17(11-26-31)22(32)27-14/h6-9,11,14H,12-13H2,1-5H3,(H,27,32)(H,28,29)/t14-/m1/s1. The number of nitrogens with one attached hydrogen (secondary N) is 2. The number of anilines is 3. The van der Waals surface area contributed by atoms with Crippen LogP contribution in [0.4, 0.5) is 22.1 Å². The Kier molecular flexibility index (Phi) is 6.32. The smallest absolute Gasteiger partial charge is 0.415 e. The molecule has 0 saturated heterocycles. The summed E-state index contributed by atoms with van der Waals surface area (Å²) in [5.74, 6) is 0.265. The Hall–Kier alpha value is -4.17. The van der Waals surface area contributed by atoms with Crippen molar-refractivity contribution in [2.24, 2.45) is 0 Å². The Balaban J connectivity index is 1.88. The van der Waals surface area contributed by atoms with Crippen molar-refractivity contribution in [2.45, 2.75) is 45.9 Å². The monoisotopic (exact) mass is 477 g/mol. The molecule has 35 heavy (non-hydrogen) atoms. The summed E-state index contributed by atoms with van der Waals surface area (Å²) in [5.41, 5.74) is 1.53. The Morgan fingerprint density at radius 2 is 2.11 bits per heavy atom. The normalized spacial score (nSPS) is 16.1. The maximum atomic E-state index is 13.0. The van der Waals surface area contributed by atoms with E-state index in [4.69, 9.17) is 9.47 Å². The van der Waals surface area contributed by atoms with Gasteiger partial charge in [-0.3, -0.25) is 9.69 Å². The fraction of sp³-hybridized carbons (Fsp3) is 0.375. The molecule has 182 valence electrons. The molecular weight excluding hydrogens is 450 g/mol. The van der Waals surface area contributed by atoms with Crippen LogP contribution in [0.1, 0.15) is 49.2 Å². The molecule has 11 heteroatoms. The number of rotatable bonds is 1. The number of carbonyl (C=O) groups excluding carboxylic acids is 2. The van der Waals surface area contributed by atoms with Crippen LogP contribution in [0.5, 0.6) is 0 Å². The van der Waals surface area contributed by atoms with Gasteiger partial charge in [0.05, 0.1) is 30.7 Å². The van der Waals surface area contributed by atoms with E-state index in [1.54, 1.807) is 40.0 Å². The number of aromatic nitrogens is 3. The first-order valence-corrected chi connectivity index (χ1v) is 11.1. The van der Waals surface area contributed by atoms with Crippen LogP contribution in [-0.4, -0.2) is 51.9 Å². The molecule has 2 amide bonds. The molecule has 4 bridgehead atoms. The van der Waals surface area contributed by atoms with Gasteiger partial charge in [0.1, 0.15) is 28.9 Å². The molecule has 0 unspecified atom stereocenters. The summed E-state index contributed by atoms with van der Waals surface area (Å²) in [6.07, 6.45) is 0.798. The van der Waals surface area contributed by atoms with E-state index in [9.17, 15) is 14.9 Å². The summed E-state index contributed by atoms with van der Waals surface area (Å²) >= 11 is 0. The number of nitriles is 1. The third-order valence-corrected chi connectivity index (χ3v) is 5.19. The average molecular weight is 478 g/mol. The predicted octanol–water partition coefficient (Wildman–Crippen LogP) is 3.36. The Bertz CT molecular complexity index is 1340. The van der Waals surface area contributed by atoms with E-state index in [0.29, 0.717) is 36.1 Å². The largest absolute Gasteiger partial charge is 0.443 e. The number of hydrogen-bond acceptors (Lipinski definition) is 8. The molecule has 0 saturated carbocycles. The van der Waals surface area contributed by atoms with Crippen molar-refractivity contribution in [1.82, 2.24) is 19.9 Å². The first kappa shape index (κ1) is 24.0. The average Bonchev–Trinajstić information content (AvgIpc) is 3.20. The number of amides is 2. The van der Waals surface area contributed by atoms with Crippen molar-refractivity contribution < 1.29 is 19.1 Å². The summed E-state index contributed by atoms with van der Waals surface area (Å²) in [6.45, 7) is 7.75. The molecular formula is C24H27N7O4. The van der Waals surface area contributed by atoms with Crippen LogP contribution < -0.4 is 15.5 Å². The topological polar surface area (TPSA) is 134 Å². The maximum absolute atomic E-state index is 13.0. The zero-order valence-electron chi connectivity index (χ0n) is 20.2. The molecule has 0 aliphatic carbocycles. The second-order valence-corrected chi connectivity index (χ2v) is 9.34. The molecule has 0 spiro atoms. The van der Waals surface area contributed by atoms with E-state index in [-0.39, 0.29) is 23.2 Å². The van der Waals surface area contributed by atoms with Gasteiger partial charge >= 0.3 is 6.09 Å². The number of benzene rings is 1. The Morgan fingerprint density at radius 3 is 2.83 bits per heavy atom. The highest BCUT2D eigenvalue weighted by atomic mass is 16.6. The summed E-state index contributed by atoms with van der Waals surface area (Å²) in [4.78, 5) is 31.7. The SMILES string of the molecule is C[C@@H]1COCc2ccc(C#N)c(c2)Nc2cc(N(C)C(=O)OC(C)(C)C)n3ncc(c3n2)C(=O)N1. The van der Waals surface area contributed by atoms with Crippen LogP contribution >= 0.6 is 0 Å². The summed E-state index contributed by atoms with van der Waals surface area (Å²) < 4.78 is 12.7. The van der Waals surface area contributed by atoms with E-state index in [0.717, 1.165) is 5.56 Å². The lowest BCUT2D eigenvalue weighted by molar-refractivity contribution is 0.0587. The first-order valence-electron chi connectivity index (χ1n) is 11.1. The van der Waals surface area contributed by atoms with Crippen LogP contribution in [0.2, 0.25) is 0 Å².